The summed E-state index contributed by atoms with van der Waals surface area (Å²) >= 11 is 0. The van der Waals surface area contributed by atoms with Gasteiger partial charge in [0.2, 0.25) is 0 Å². The Hall–Kier alpha value is -1.63. The van der Waals surface area contributed by atoms with Gasteiger partial charge in [0, 0.05) is 18.7 Å². The quantitative estimate of drug-likeness (QED) is 0.855. The third kappa shape index (κ3) is 3.87. The van der Waals surface area contributed by atoms with Crippen molar-refractivity contribution >= 4 is 0 Å². The maximum absolute atomic E-state index is 13.6. The Morgan fingerprint density at radius 2 is 1.96 bits per heavy atom. The topological polar surface area (TPSA) is 41.5 Å². The molecule has 26 heavy (non-hydrogen) atoms. The molecule has 6 heteroatoms. The molecule has 0 amide bonds. The van der Waals surface area contributed by atoms with Gasteiger partial charge in [-0.25, -0.2) is 0 Å². The second kappa shape index (κ2) is 7.55. The Morgan fingerprint density at radius 1 is 1.23 bits per heavy atom. The second-order valence-corrected chi connectivity index (χ2v) is 7.03. The molecule has 2 N–H and O–H groups in total. The number of rotatable bonds is 4. The number of benzene rings is 1. The molecule has 1 aromatic carbocycles. The molecular weight excluding hydrogens is 343 g/mol. The molecule has 4 atom stereocenters. The van der Waals surface area contributed by atoms with E-state index in [0.29, 0.717) is 25.3 Å². The van der Waals surface area contributed by atoms with E-state index in [2.05, 4.69) is 5.32 Å². The van der Waals surface area contributed by atoms with Crippen molar-refractivity contribution in [1.82, 2.24) is 5.32 Å². The Morgan fingerprint density at radius 3 is 2.58 bits per heavy atom. The van der Waals surface area contributed by atoms with Gasteiger partial charge in [-0.3, -0.25) is 0 Å². The fourth-order valence-electron chi connectivity index (χ4n) is 3.85. The minimum atomic E-state index is -4.42. The van der Waals surface area contributed by atoms with Crippen LogP contribution in [0.5, 0.6) is 0 Å². The molecule has 3 unspecified atom stereocenters. The number of hydrogen-bond acceptors (Lipinski definition) is 3. The fraction of sp³-hybridized carbons (Fsp3) is 0.500. The average Bonchev–Trinajstić information content (AvgIpc) is 2.64. The molecule has 1 saturated heterocycles. The van der Waals surface area contributed by atoms with Crippen molar-refractivity contribution in [1.29, 1.82) is 0 Å². The standard InChI is InChI=1S/C20H24F3NO2/c1-14-6-5-9-17(20(21,22)23)16(14)12-19(25,15-7-3-2-4-8-15)18-13-24-10-11-26-18/h2-9,14,16,18,24-25H,10-13H2,1H3/t14?,16?,18-,19?/m0/s1. The molecule has 3 rings (SSSR count). The summed E-state index contributed by atoms with van der Waals surface area (Å²) in [5.74, 6) is -1.17. The minimum Gasteiger partial charge on any atom is -0.382 e. The highest BCUT2D eigenvalue weighted by Gasteiger charge is 2.48. The number of nitrogens with one attached hydrogen (secondary N) is 1. The van der Waals surface area contributed by atoms with Crippen molar-refractivity contribution in [3.63, 3.8) is 0 Å². The molecule has 0 spiro atoms. The first-order chi connectivity index (χ1) is 12.3. The Kier molecular flexibility index (Phi) is 5.55. The van der Waals surface area contributed by atoms with Crippen LogP contribution in [0, 0.1) is 11.8 Å². The van der Waals surface area contributed by atoms with E-state index in [9.17, 15) is 18.3 Å². The normalized spacial score (nSPS) is 29.1. The number of allylic oxidation sites excluding steroid dienone is 4. The lowest BCUT2D eigenvalue weighted by Crippen LogP contribution is -2.53. The maximum atomic E-state index is 13.6. The summed E-state index contributed by atoms with van der Waals surface area (Å²) in [6, 6.07) is 8.87. The van der Waals surface area contributed by atoms with Crippen LogP contribution in [-0.4, -0.2) is 37.1 Å². The predicted molar refractivity (Wildman–Crippen MR) is 93.5 cm³/mol. The SMILES string of the molecule is CC1C=CC=C(C(F)(F)F)C1CC(O)(c1ccccc1)[C@@H]1CNCCO1. The van der Waals surface area contributed by atoms with E-state index in [4.69, 9.17) is 4.74 Å². The minimum absolute atomic E-state index is 0.0553. The van der Waals surface area contributed by atoms with E-state index in [1.165, 1.54) is 6.08 Å². The number of morpholine rings is 1. The van der Waals surface area contributed by atoms with Crippen molar-refractivity contribution in [2.24, 2.45) is 11.8 Å². The zero-order valence-electron chi connectivity index (χ0n) is 14.7. The van der Waals surface area contributed by atoms with E-state index in [1.54, 1.807) is 37.3 Å². The van der Waals surface area contributed by atoms with Gasteiger partial charge < -0.3 is 15.2 Å². The molecule has 0 saturated carbocycles. The van der Waals surface area contributed by atoms with E-state index in [-0.39, 0.29) is 12.3 Å². The van der Waals surface area contributed by atoms with Crippen molar-refractivity contribution in [2.75, 3.05) is 19.7 Å². The van der Waals surface area contributed by atoms with E-state index < -0.39 is 29.4 Å². The van der Waals surface area contributed by atoms with Crippen molar-refractivity contribution in [3.8, 4) is 0 Å². The first-order valence-electron chi connectivity index (χ1n) is 8.88. The highest BCUT2D eigenvalue weighted by Crippen LogP contribution is 2.45. The van der Waals surface area contributed by atoms with Crippen LogP contribution in [0.3, 0.4) is 0 Å². The van der Waals surface area contributed by atoms with Gasteiger partial charge in [-0.05, 0) is 23.8 Å². The van der Waals surface area contributed by atoms with E-state index in [1.807, 2.05) is 6.07 Å². The number of hydrogen-bond donors (Lipinski definition) is 2. The first-order valence-corrected chi connectivity index (χ1v) is 8.88. The van der Waals surface area contributed by atoms with Gasteiger partial charge in [0.15, 0.2) is 0 Å². The molecule has 0 bridgehead atoms. The van der Waals surface area contributed by atoms with E-state index >= 15 is 0 Å². The molecule has 0 aromatic heterocycles. The smallest absolute Gasteiger partial charge is 0.382 e. The molecule has 0 radical (unpaired) electrons. The van der Waals surface area contributed by atoms with Gasteiger partial charge in [-0.15, -0.1) is 0 Å². The van der Waals surface area contributed by atoms with Crippen LogP contribution in [0.25, 0.3) is 0 Å². The monoisotopic (exact) mass is 367 g/mol. The molecule has 1 aliphatic heterocycles. The largest absolute Gasteiger partial charge is 0.412 e. The Labute approximate surface area is 151 Å². The molecule has 2 aliphatic rings. The lowest BCUT2D eigenvalue weighted by Gasteiger charge is -2.42. The molecule has 1 heterocycles. The van der Waals surface area contributed by atoms with Gasteiger partial charge in [0.1, 0.15) is 11.7 Å². The zero-order valence-corrected chi connectivity index (χ0v) is 14.7. The molecule has 142 valence electrons. The highest BCUT2D eigenvalue weighted by molar-refractivity contribution is 5.30. The molecule has 1 aliphatic carbocycles. The summed E-state index contributed by atoms with van der Waals surface area (Å²) in [6.45, 7) is 3.23. The van der Waals surface area contributed by atoms with Crippen molar-refractivity contribution < 1.29 is 23.0 Å². The van der Waals surface area contributed by atoms with Crippen molar-refractivity contribution in [2.45, 2.75) is 31.2 Å². The second-order valence-electron chi connectivity index (χ2n) is 7.03. The molecule has 1 fully saturated rings. The van der Waals surface area contributed by atoms with Gasteiger partial charge >= 0.3 is 6.18 Å². The van der Waals surface area contributed by atoms with Crippen LogP contribution in [0.2, 0.25) is 0 Å². The number of ether oxygens (including phenoxy) is 1. The van der Waals surface area contributed by atoms with Crippen LogP contribution >= 0.6 is 0 Å². The van der Waals surface area contributed by atoms with E-state index in [0.717, 1.165) is 6.08 Å². The van der Waals surface area contributed by atoms with Gasteiger partial charge in [0.25, 0.3) is 0 Å². The number of alkyl halides is 3. The Bertz CT molecular complexity index is 665. The average molecular weight is 367 g/mol. The van der Waals surface area contributed by atoms with Gasteiger partial charge in [-0.2, -0.15) is 13.2 Å². The zero-order chi connectivity index (χ0) is 18.8. The third-order valence-corrected chi connectivity index (χ3v) is 5.32. The highest BCUT2D eigenvalue weighted by atomic mass is 19.4. The van der Waals surface area contributed by atoms with Crippen molar-refractivity contribution in [3.05, 3.63) is 59.7 Å². The Balaban J connectivity index is 1.97. The fourth-order valence-corrected chi connectivity index (χ4v) is 3.85. The predicted octanol–water partition coefficient (Wildman–Crippen LogP) is 3.56. The van der Waals surface area contributed by atoms with Gasteiger partial charge in [-0.1, -0.05) is 55.5 Å². The third-order valence-electron chi connectivity index (χ3n) is 5.32. The van der Waals surface area contributed by atoms with Crippen LogP contribution in [0.4, 0.5) is 13.2 Å². The van der Waals surface area contributed by atoms with Crippen LogP contribution < -0.4 is 5.32 Å². The summed E-state index contributed by atoms with van der Waals surface area (Å²) in [5, 5.41) is 14.7. The molecule has 3 nitrogen and oxygen atoms in total. The number of halogens is 3. The lowest BCUT2D eigenvalue weighted by atomic mass is 9.72. The first kappa shape index (κ1) is 19.1. The lowest BCUT2D eigenvalue weighted by molar-refractivity contribution is -0.143. The number of aliphatic hydroxyl groups is 1. The van der Waals surface area contributed by atoms with Gasteiger partial charge in [0.05, 0.1) is 6.61 Å². The van der Waals surface area contributed by atoms with Crippen LogP contribution in [-0.2, 0) is 10.3 Å². The maximum Gasteiger partial charge on any atom is 0.412 e. The summed E-state index contributed by atoms with van der Waals surface area (Å²) in [6.07, 6.45) is -0.759. The summed E-state index contributed by atoms with van der Waals surface area (Å²) in [7, 11) is 0. The van der Waals surface area contributed by atoms with Crippen LogP contribution in [0.1, 0.15) is 18.9 Å². The summed E-state index contributed by atoms with van der Waals surface area (Å²) in [5.41, 5.74) is -1.52. The molecular formula is C20H24F3NO2. The summed E-state index contributed by atoms with van der Waals surface area (Å²) in [4.78, 5) is 0. The van der Waals surface area contributed by atoms with Crippen LogP contribution in [0.15, 0.2) is 54.1 Å². The molecule has 1 aromatic rings. The summed E-state index contributed by atoms with van der Waals surface area (Å²) < 4.78 is 46.4.